The van der Waals surface area contributed by atoms with Gasteiger partial charge in [-0.1, -0.05) is 43.9 Å². The van der Waals surface area contributed by atoms with Crippen molar-refractivity contribution in [3.05, 3.63) is 35.6 Å². The quantitative estimate of drug-likeness (QED) is 0.597. The van der Waals surface area contributed by atoms with Crippen LogP contribution < -0.4 is 10.0 Å². The van der Waals surface area contributed by atoms with Crippen molar-refractivity contribution in [2.45, 2.75) is 50.3 Å². The Labute approximate surface area is 132 Å². The van der Waals surface area contributed by atoms with Crippen LogP contribution in [0.5, 0.6) is 0 Å². The predicted octanol–water partition coefficient (Wildman–Crippen LogP) is 2.56. The van der Waals surface area contributed by atoms with Crippen LogP contribution in [0.1, 0.15) is 44.1 Å². The smallest absolute Gasteiger partial charge is 0.215 e. The summed E-state index contributed by atoms with van der Waals surface area (Å²) < 4.78 is 39.9. The first-order valence-corrected chi connectivity index (χ1v) is 9.66. The molecular formula is C16H25FN2O2S. The third-order valence-electron chi connectivity index (χ3n) is 4.04. The van der Waals surface area contributed by atoms with Gasteiger partial charge in [0.25, 0.3) is 0 Å². The molecule has 0 aromatic heterocycles. The zero-order valence-electron chi connectivity index (χ0n) is 12.9. The number of benzene rings is 1. The van der Waals surface area contributed by atoms with Crippen LogP contribution in [0.15, 0.2) is 24.3 Å². The summed E-state index contributed by atoms with van der Waals surface area (Å²) in [4.78, 5) is 0. The molecule has 0 saturated heterocycles. The third-order valence-corrected chi connectivity index (χ3v) is 5.37. The summed E-state index contributed by atoms with van der Waals surface area (Å²) in [5, 5.41) is 3.41. The Kier molecular flexibility index (Phi) is 6.79. The Morgan fingerprint density at radius 3 is 2.41 bits per heavy atom. The van der Waals surface area contributed by atoms with E-state index < -0.39 is 15.8 Å². The molecule has 1 saturated carbocycles. The van der Waals surface area contributed by atoms with Gasteiger partial charge in [0.1, 0.15) is 5.82 Å². The molecule has 1 fully saturated rings. The molecule has 124 valence electrons. The van der Waals surface area contributed by atoms with Crippen molar-refractivity contribution in [2.24, 2.45) is 0 Å². The number of hydrogen-bond donors (Lipinski definition) is 2. The molecule has 1 aromatic rings. The molecule has 22 heavy (non-hydrogen) atoms. The second kappa shape index (κ2) is 8.60. The molecule has 0 bridgehead atoms. The van der Waals surface area contributed by atoms with Crippen molar-refractivity contribution in [1.82, 2.24) is 10.0 Å². The lowest BCUT2D eigenvalue weighted by Crippen LogP contribution is -2.37. The van der Waals surface area contributed by atoms with Gasteiger partial charge in [-0.2, -0.15) is 0 Å². The van der Waals surface area contributed by atoms with Crippen molar-refractivity contribution in [3.8, 4) is 0 Å². The molecule has 0 atom stereocenters. The standard InChI is InChI=1S/C16H25FN2O2S/c17-16-10-6-5-7-14(16)13-22(20,21)19-12-11-18-15-8-3-1-2-4-9-15/h5-7,10,15,18-19H,1-4,8-9,11-13H2. The van der Waals surface area contributed by atoms with Crippen molar-refractivity contribution >= 4 is 10.0 Å². The zero-order valence-corrected chi connectivity index (χ0v) is 13.7. The van der Waals surface area contributed by atoms with E-state index in [2.05, 4.69) is 10.0 Å². The minimum absolute atomic E-state index is 0.201. The number of nitrogens with one attached hydrogen (secondary N) is 2. The predicted molar refractivity (Wildman–Crippen MR) is 86.5 cm³/mol. The maximum absolute atomic E-state index is 13.5. The molecule has 0 aliphatic heterocycles. The molecular weight excluding hydrogens is 303 g/mol. The summed E-state index contributed by atoms with van der Waals surface area (Å²) in [6, 6.07) is 6.46. The summed E-state index contributed by atoms with van der Waals surface area (Å²) in [5.74, 6) is -0.798. The van der Waals surface area contributed by atoms with Crippen molar-refractivity contribution in [1.29, 1.82) is 0 Å². The summed E-state index contributed by atoms with van der Waals surface area (Å²) >= 11 is 0. The van der Waals surface area contributed by atoms with E-state index in [1.165, 1.54) is 50.7 Å². The minimum atomic E-state index is -3.50. The first kappa shape index (κ1) is 17.4. The largest absolute Gasteiger partial charge is 0.313 e. The van der Waals surface area contributed by atoms with E-state index in [1.807, 2.05) is 0 Å². The van der Waals surface area contributed by atoms with Crippen LogP contribution >= 0.6 is 0 Å². The van der Waals surface area contributed by atoms with Crippen LogP contribution in [0.3, 0.4) is 0 Å². The first-order chi connectivity index (χ1) is 10.6. The van der Waals surface area contributed by atoms with E-state index in [4.69, 9.17) is 0 Å². The van der Waals surface area contributed by atoms with Gasteiger partial charge in [-0.3, -0.25) is 0 Å². The first-order valence-electron chi connectivity index (χ1n) is 8.01. The van der Waals surface area contributed by atoms with Crippen LogP contribution in [-0.2, 0) is 15.8 Å². The lowest BCUT2D eigenvalue weighted by molar-refractivity contribution is 0.461. The van der Waals surface area contributed by atoms with E-state index >= 15 is 0 Å². The van der Waals surface area contributed by atoms with Gasteiger partial charge < -0.3 is 5.32 Å². The fraction of sp³-hybridized carbons (Fsp3) is 0.625. The SMILES string of the molecule is O=S(=O)(Cc1ccccc1F)NCCNC1CCCCCC1. The Hall–Kier alpha value is -0.980. The van der Waals surface area contributed by atoms with Crippen molar-refractivity contribution in [3.63, 3.8) is 0 Å². The van der Waals surface area contributed by atoms with Crippen LogP contribution in [0, 0.1) is 5.82 Å². The van der Waals surface area contributed by atoms with Gasteiger partial charge in [0, 0.05) is 24.7 Å². The van der Waals surface area contributed by atoms with Gasteiger partial charge in [0.2, 0.25) is 10.0 Å². The van der Waals surface area contributed by atoms with E-state index in [0.717, 1.165) is 0 Å². The van der Waals surface area contributed by atoms with Crippen molar-refractivity contribution < 1.29 is 12.8 Å². The second-order valence-corrected chi connectivity index (χ2v) is 7.69. The van der Waals surface area contributed by atoms with Crippen LogP contribution in [0.25, 0.3) is 0 Å². The molecule has 2 rings (SSSR count). The fourth-order valence-corrected chi connectivity index (χ4v) is 4.00. The Morgan fingerprint density at radius 1 is 1.05 bits per heavy atom. The molecule has 1 aliphatic rings. The Balaban J connectivity index is 1.72. The summed E-state index contributed by atoms with van der Waals surface area (Å²) in [6.45, 7) is 0.953. The van der Waals surface area contributed by atoms with Gasteiger partial charge >= 0.3 is 0 Å². The zero-order chi connectivity index (χ0) is 15.8. The summed E-state index contributed by atoms with van der Waals surface area (Å²) in [5.41, 5.74) is 0.201. The molecule has 0 heterocycles. The van der Waals surface area contributed by atoms with Gasteiger partial charge in [0.05, 0.1) is 5.75 Å². The second-order valence-electron chi connectivity index (χ2n) is 5.89. The normalized spacial score (nSPS) is 17.3. The van der Waals surface area contributed by atoms with E-state index in [1.54, 1.807) is 12.1 Å². The van der Waals surface area contributed by atoms with Crippen LogP contribution in [0.2, 0.25) is 0 Å². The average Bonchev–Trinajstić information content (AvgIpc) is 2.75. The molecule has 0 spiro atoms. The topological polar surface area (TPSA) is 58.2 Å². The Morgan fingerprint density at radius 2 is 1.73 bits per heavy atom. The monoisotopic (exact) mass is 328 g/mol. The van der Waals surface area contributed by atoms with Gasteiger partial charge in [0.15, 0.2) is 0 Å². The maximum atomic E-state index is 13.5. The molecule has 0 amide bonds. The number of hydrogen-bond acceptors (Lipinski definition) is 3. The lowest BCUT2D eigenvalue weighted by Gasteiger charge is -2.16. The summed E-state index contributed by atoms with van der Waals surface area (Å²) in [7, 11) is -3.50. The highest BCUT2D eigenvalue weighted by atomic mass is 32.2. The molecule has 0 radical (unpaired) electrons. The molecule has 6 heteroatoms. The van der Waals surface area contributed by atoms with Gasteiger partial charge in [-0.05, 0) is 18.9 Å². The van der Waals surface area contributed by atoms with Crippen LogP contribution in [-0.4, -0.2) is 27.5 Å². The molecule has 2 N–H and O–H groups in total. The van der Waals surface area contributed by atoms with Crippen molar-refractivity contribution in [2.75, 3.05) is 13.1 Å². The minimum Gasteiger partial charge on any atom is -0.313 e. The maximum Gasteiger partial charge on any atom is 0.215 e. The Bertz CT molecular complexity index is 555. The van der Waals surface area contributed by atoms with E-state index in [0.29, 0.717) is 19.1 Å². The molecule has 1 aromatic carbocycles. The third kappa shape index (κ3) is 6.02. The molecule has 0 unspecified atom stereocenters. The van der Waals surface area contributed by atoms with Gasteiger partial charge in [-0.25, -0.2) is 17.5 Å². The van der Waals surface area contributed by atoms with E-state index in [-0.39, 0.29) is 11.3 Å². The fourth-order valence-electron chi connectivity index (χ4n) is 2.84. The number of halogens is 1. The summed E-state index contributed by atoms with van der Waals surface area (Å²) in [6.07, 6.45) is 7.43. The molecule has 4 nitrogen and oxygen atoms in total. The lowest BCUT2D eigenvalue weighted by atomic mass is 10.1. The van der Waals surface area contributed by atoms with Gasteiger partial charge in [-0.15, -0.1) is 0 Å². The highest BCUT2D eigenvalue weighted by Crippen LogP contribution is 2.16. The number of sulfonamides is 1. The molecule has 1 aliphatic carbocycles. The van der Waals surface area contributed by atoms with E-state index in [9.17, 15) is 12.8 Å². The average molecular weight is 328 g/mol. The number of rotatable bonds is 7. The highest BCUT2D eigenvalue weighted by molar-refractivity contribution is 7.88. The highest BCUT2D eigenvalue weighted by Gasteiger charge is 2.15. The van der Waals surface area contributed by atoms with Crippen LogP contribution in [0.4, 0.5) is 4.39 Å².